The van der Waals surface area contributed by atoms with Crippen molar-refractivity contribution in [3.63, 3.8) is 0 Å². The van der Waals surface area contributed by atoms with Crippen molar-refractivity contribution in [3.05, 3.63) is 36.1 Å². The number of ether oxygens (including phenoxy) is 1. The lowest BCUT2D eigenvalue weighted by Gasteiger charge is -2.02. The van der Waals surface area contributed by atoms with E-state index in [-0.39, 0.29) is 0 Å². The van der Waals surface area contributed by atoms with Gasteiger partial charge in [-0.15, -0.1) is 0 Å². The largest absolute Gasteiger partial charge is 0.497 e. The molecule has 58 valence electrons. The molecule has 0 atom stereocenters. The lowest BCUT2D eigenvalue weighted by Crippen LogP contribution is -1.86. The minimum Gasteiger partial charge on any atom is -0.497 e. The summed E-state index contributed by atoms with van der Waals surface area (Å²) < 4.78 is 4.84. The van der Waals surface area contributed by atoms with E-state index >= 15 is 0 Å². The van der Waals surface area contributed by atoms with E-state index in [4.69, 9.17) is 10.00 Å². The zero-order chi connectivity index (χ0) is 8.85. The van der Waals surface area contributed by atoms with Crippen molar-refractivity contribution in [2.75, 3.05) is 7.11 Å². The van der Waals surface area contributed by atoms with Crippen LogP contribution in [0.15, 0.2) is 36.1 Å². The molecule has 0 rings (SSSR count). The van der Waals surface area contributed by atoms with Crippen LogP contribution in [-0.2, 0) is 4.74 Å². The Hall–Kier alpha value is -1.49. The molecule has 0 aromatic carbocycles. The first-order chi connectivity index (χ1) is 5.11. The summed E-state index contributed by atoms with van der Waals surface area (Å²) in [5.41, 5.74) is 1.22. The molecule has 2 heteroatoms. The summed E-state index contributed by atoms with van der Waals surface area (Å²) in [7, 11) is 1.54. The van der Waals surface area contributed by atoms with Gasteiger partial charge in [0.05, 0.1) is 13.2 Å². The molecule has 0 fully saturated rings. The molecule has 0 aliphatic heterocycles. The third kappa shape index (κ3) is 3.27. The van der Waals surface area contributed by atoms with Crippen LogP contribution in [0, 0.1) is 11.3 Å². The fraction of sp³-hybridized carbons (Fsp3) is 0.222. The van der Waals surface area contributed by atoms with Gasteiger partial charge < -0.3 is 4.74 Å². The van der Waals surface area contributed by atoms with E-state index in [0.717, 1.165) is 5.57 Å². The number of nitriles is 1. The van der Waals surface area contributed by atoms with Gasteiger partial charge in [0, 0.05) is 5.57 Å². The van der Waals surface area contributed by atoms with Crippen molar-refractivity contribution in [3.8, 4) is 6.07 Å². The predicted molar refractivity (Wildman–Crippen MR) is 44.7 cm³/mol. The maximum absolute atomic E-state index is 8.37. The van der Waals surface area contributed by atoms with E-state index in [1.54, 1.807) is 6.08 Å². The van der Waals surface area contributed by atoms with Gasteiger partial charge in [-0.2, -0.15) is 5.26 Å². The Labute approximate surface area is 67.1 Å². The van der Waals surface area contributed by atoms with E-state index in [1.165, 1.54) is 7.11 Å². The van der Waals surface area contributed by atoms with Gasteiger partial charge in [0.15, 0.2) is 0 Å². The smallest absolute Gasteiger partial charge is 0.114 e. The van der Waals surface area contributed by atoms with Crippen LogP contribution in [0.4, 0.5) is 0 Å². The van der Waals surface area contributed by atoms with Gasteiger partial charge in [-0.1, -0.05) is 13.2 Å². The minimum absolute atomic E-state index is 0.403. The Morgan fingerprint density at radius 3 is 2.45 bits per heavy atom. The van der Waals surface area contributed by atoms with E-state index in [0.29, 0.717) is 11.3 Å². The summed E-state index contributed by atoms with van der Waals surface area (Å²) >= 11 is 0. The summed E-state index contributed by atoms with van der Waals surface area (Å²) in [5, 5.41) is 8.37. The molecule has 11 heavy (non-hydrogen) atoms. The zero-order valence-electron chi connectivity index (χ0n) is 6.85. The van der Waals surface area contributed by atoms with Gasteiger partial charge in [0.2, 0.25) is 0 Å². The Kier molecular flexibility index (Phi) is 3.76. The third-order valence-electron chi connectivity index (χ3n) is 1.22. The Bertz CT molecular complexity index is 243. The summed E-state index contributed by atoms with van der Waals surface area (Å²) in [5.74, 6) is 0.557. The molecule has 0 heterocycles. The maximum atomic E-state index is 8.37. The van der Waals surface area contributed by atoms with Gasteiger partial charge in [-0.05, 0) is 18.6 Å². The number of hydrogen-bond donors (Lipinski definition) is 0. The summed E-state index contributed by atoms with van der Waals surface area (Å²) in [6, 6.07) is 1.91. The molecule has 0 unspecified atom stereocenters. The van der Waals surface area contributed by atoms with E-state index < -0.39 is 0 Å². The molecule has 0 aliphatic rings. The SMILES string of the molecule is C=C(C#N)C=C(C)C(=C)OC. The van der Waals surface area contributed by atoms with Crippen molar-refractivity contribution < 1.29 is 4.74 Å². The topological polar surface area (TPSA) is 33.0 Å². The van der Waals surface area contributed by atoms with Crippen LogP contribution in [0.25, 0.3) is 0 Å². The van der Waals surface area contributed by atoms with Crippen LogP contribution in [0.5, 0.6) is 0 Å². The second kappa shape index (κ2) is 4.35. The summed E-state index contributed by atoms with van der Waals surface area (Å²) in [6.45, 7) is 8.93. The van der Waals surface area contributed by atoms with E-state index in [2.05, 4.69) is 13.2 Å². The molecule has 0 aliphatic carbocycles. The van der Waals surface area contributed by atoms with E-state index in [9.17, 15) is 0 Å². The molecular weight excluding hydrogens is 138 g/mol. The third-order valence-corrected chi connectivity index (χ3v) is 1.22. The van der Waals surface area contributed by atoms with Crippen LogP contribution in [0.3, 0.4) is 0 Å². The molecule has 0 aromatic rings. The summed E-state index contributed by atoms with van der Waals surface area (Å²) in [4.78, 5) is 0. The molecule has 0 radical (unpaired) electrons. The van der Waals surface area contributed by atoms with E-state index in [1.807, 2.05) is 13.0 Å². The molecule has 0 aromatic heterocycles. The molecule has 2 nitrogen and oxygen atoms in total. The standard InChI is InChI=1S/C9H11NO/c1-7(6-10)5-8(2)9(3)11-4/h5H,1,3H2,2,4H3. The first kappa shape index (κ1) is 9.51. The zero-order valence-corrected chi connectivity index (χ0v) is 6.85. The van der Waals surface area contributed by atoms with Gasteiger partial charge >= 0.3 is 0 Å². The van der Waals surface area contributed by atoms with Crippen LogP contribution >= 0.6 is 0 Å². The van der Waals surface area contributed by atoms with Crippen LogP contribution in [-0.4, -0.2) is 7.11 Å². The molecule has 0 saturated carbocycles. The predicted octanol–water partition coefficient (Wildman–Crippen LogP) is 2.17. The highest BCUT2D eigenvalue weighted by Gasteiger charge is 1.94. The number of methoxy groups -OCH3 is 1. The normalized spacial score (nSPS) is 10.1. The van der Waals surface area contributed by atoms with Crippen molar-refractivity contribution in [2.24, 2.45) is 0 Å². The second-order valence-corrected chi connectivity index (χ2v) is 2.09. The number of nitrogens with zero attached hydrogens (tertiary/aromatic N) is 1. The average Bonchev–Trinajstić information content (AvgIpc) is 2.02. The molecule has 0 amide bonds. The van der Waals surface area contributed by atoms with Gasteiger partial charge in [-0.25, -0.2) is 0 Å². The fourth-order valence-corrected chi connectivity index (χ4v) is 0.535. The number of rotatable bonds is 3. The lowest BCUT2D eigenvalue weighted by molar-refractivity contribution is 0.303. The van der Waals surface area contributed by atoms with Crippen LogP contribution < -0.4 is 0 Å². The Morgan fingerprint density at radius 1 is 1.55 bits per heavy atom. The van der Waals surface area contributed by atoms with Crippen molar-refractivity contribution in [2.45, 2.75) is 6.92 Å². The molecule has 0 bridgehead atoms. The van der Waals surface area contributed by atoms with Crippen molar-refractivity contribution >= 4 is 0 Å². The van der Waals surface area contributed by atoms with Crippen LogP contribution in [0.1, 0.15) is 6.92 Å². The van der Waals surface area contributed by atoms with Crippen molar-refractivity contribution in [1.29, 1.82) is 5.26 Å². The molecule has 0 N–H and O–H groups in total. The molecule has 0 saturated heterocycles. The highest BCUT2D eigenvalue weighted by atomic mass is 16.5. The average molecular weight is 149 g/mol. The second-order valence-electron chi connectivity index (χ2n) is 2.09. The maximum Gasteiger partial charge on any atom is 0.114 e. The lowest BCUT2D eigenvalue weighted by atomic mass is 10.2. The fourth-order valence-electron chi connectivity index (χ4n) is 0.535. The monoisotopic (exact) mass is 149 g/mol. The number of allylic oxidation sites excluding steroid dienone is 3. The highest BCUT2D eigenvalue weighted by molar-refractivity contribution is 5.37. The van der Waals surface area contributed by atoms with Crippen molar-refractivity contribution in [1.82, 2.24) is 0 Å². The highest BCUT2D eigenvalue weighted by Crippen LogP contribution is 2.08. The van der Waals surface area contributed by atoms with Gasteiger partial charge in [-0.3, -0.25) is 0 Å². The summed E-state index contributed by atoms with van der Waals surface area (Å²) in [6.07, 6.45) is 1.63. The Morgan fingerprint density at radius 2 is 2.09 bits per heavy atom. The van der Waals surface area contributed by atoms with Gasteiger partial charge in [0.1, 0.15) is 5.76 Å². The minimum atomic E-state index is 0.403. The first-order valence-electron chi connectivity index (χ1n) is 3.12. The molecule has 0 spiro atoms. The van der Waals surface area contributed by atoms with Crippen LogP contribution in [0.2, 0.25) is 0 Å². The van der Waals surface area contributed by atoms with Gasteiger partial charge in [0.25, 0.3) is 0 Å². The quantitative estimate of drug-likeness (QED) is 0.350. The number of hydrogen-bond acceptors (Lipinski definition) is 2. The first-order valence-corrected chi connectivity index (χ1v) is 3.12. The molecular formula is C9H11NO. The Balaban J connectivity index is 4.37.